The summed E-state index contributed by atoms with van der Waals surface area (Å²) in [5.41, 5.74) is 0.929. The normalized spacial score (nSPS) is 9.57. The number of carbonyl (C=O) groups excluding carboxylic acids is 1. The van der Waals surface area contributed by atoms with Gasteiger partial charge < -0.3 is 0 Å². The highest BCUT2D eigenvalue weighted by atomic mass is 35.5. The van der Waals surface area contributed by atoms with Crippen molar-refractivity contribution in [3.8, 4) is 0 Å². The molecule has 0 bridgehead atoms. The Morgan fingerprint density at radius 2 is 2.36 bits per heavy atom. The van der Waals surface area contributed by atoms with E-state index in [4.69, 9.17) is 11.6 Å². The van der Waals surface area contributed by atoms with Crippen LogP contribution in [-0.2, 0) is 11.3 Å². The number of isocyanates is 1. The summed E-state index contributed by atoms with van der Waals surface area (Å²) in [5.74, 6) is 0.992. The zero-order valence-electron chi connectivity index (χ0n) is 7.79. The van der Waals surface area contributed by atoms with Gasteiger partial charge in [-0.05, 0) is 23.4 Å². The fourth-order valence-electron chi connectivity index (χ4n) is 1.04. The third-order valence-corrected chi connectivity index (χ3v) is 3.00. The van der Waals surface area contributed by atoms with Gasteiger partial charge in [-0.1, -0.05) is 24.6 Å². The number of thioether (sulfide) groups is 1. The summed E-state index contributed by atoms with van der Waals surface area (Å²) in [6.07, 6.45) is 1.50. The number of aliphatic imine (C=N–C) groups is 1. The zero-order valence-corrected chi connectivity index (χ0v) is 9.36. The molecule has 0 aliphatic heterocycles. The highest BCUT2D eigenvalue weighted by Crippen LogP contribution is 2.27. The summed E-state index contributed by atoms with van der Waals surface area (Å²) in [6.45, 7) is 2.42. The molecule has 0 spiro atoms. The lowest BCUT2D eigenvalue weighted by atomic mass is 10.2. The van der Waals surface area contributed by atoms with E-state index >= 15 is 0 Å². The fourth-order valence-corrected chi connectivity index (χ4v) is 2.08. The molecule has 0 saturated carbocycles. The molecule has 0 saturated heterocycles. The van der Waals surface area contributed by atoms with Crippen LogP contribution in [0.4, 0.5) is 0 Å². The van der Waals surface area contributed by atoms with Crippen LogP contribution in [0.15, 0.2) is 28.1 Å². The molecule has 0 atom stereocenters. The molecule has 0 radical (unpaired) electrons. The minimum Gasteiger partial charge on any atom is -0.211 e. The van der Waals surface area contributed by atoms with Crippen molar-refractivity contribution in [1.29, 1.82) is 0 Å². The summed E-state index contributed by atoms with van der Waals surface area (Å²) >= 11 is 7.72. The quantitative estimate of drug-likeness (QED) is 0.449. The predicted molar refractivity (Wildman–Crippen MR) is 59.7 cm³/mol. The maximum absolute atomic E-state index is 9.90. The Morgan fingerprint density at radius 3 is 2.93 bits per heavy atom. The first kappa shape index (κ1) is 11.3. The van der Waals surface area contributed by atoms with Gasteiger partial charge >= 0.3 is 0 Å². The van der Waals surface area contributed by atoms with Crippen LogP contribution in [0.2, 0.25) is 5.02 Å². The number of nitrogens with zero attached hydrogens (tertiary/aromatic N) is 1. The number of rotatable bonds is 4. The second-order valence-corrected chi connectivity index (χ2v) is 4.32. The summed E-state index contributed by atoms with van der Waals surface area (Å²) in [7, 11) is 0. The van der Waals surface area contributed by atoms with E-state index in [-0.39, 0.29) is 0 Å². The van der Waals surface area contributed by atoms with Crippen molar-refractivity contribution < 1.29 is 4.79 Å². The molecule has 0 unspecified atom stereocenters. The van der Waals surface area contributed by atoms with Crippen LogP contribution in [0.1, 0.15) is 12.5 Å². The maximum atomic E-state index is 9.90. The molecule has 0 N–H and O–H groups in total. The van der Waals surface area contributed by atoms with Crippen LogP contribution >= 0.6 is 23.4 Å². The van der Waals surface area contributed by atoms with Gasteiger partial charge in [0.2, 0.25) is 6.08 Å². The minimum absolute atomic E-state index is 0.348. The molecule has 1 rings (SSSR count). The molecular weight excluding hydrogens is 218 g/mol. The molecule has 2 nitrogen and oxygen atoms in total. The van der Waals surface area contributed by atoms with Gasteiger partial charge in [0.1, 0.15) is 0 Å². The minimum atomic E-state index is 0.348. The lowest BCUT2D eigenvalue weighted by Gasteiger charge is -2.03. The first-order valence-corrected chi connectivity index (χ1v) is 5.59. The third-order valence-electron chi connectivity index (χ3n) is 1.62. The molecule has 74 valence electrons. The second kappa shape index (κ2) is 5.86. The highest BCUT2D eigenvalue weighted by molar-refractivity contribution is 7.99. The van der Waals surface area contributed by atoms with Gasteiger partial charge in [0, 0.05) is 4.90 Å². The Hall–Kier alpha value is -0.760. The number of halogens is 1. The van der Waals surface area contributed by atoms with E-state index in [1.54, 1.807) is 11.8 Å². The van der Waals surface area contributed by atoms with Crippen molar-refractivity contribution in [2.45, 2.75) is 18.4 Å². The molecule has 0 amide bonds. The molecule has 0 aliphatic rings. The molecule has 14 heavy (non-hydrogen) atoms. The molecule has 0 heterocycles. The monoisotopic (exact) mass is 227 g/mol. The lowest BCUT2D eigenvalue weighted by Crippen LogP contribution is -1.83. The molecule has 0 fully saturated rings. The Labute approximate surface area is 92.4 Å². The zero-order chi connectivity index (χ0) is 10.4. The van der Waals surface area contributed by atoms with Gasteiger partial charge in [-0.15, -0.1) is 11.8 Å². The van der Waals surface area contributed by atoms with Crippen LogP contribution in [-0.4, -0.2) is 11.8 Å². The van der Waals surface area contributed by atoms with Crippen molar-refractivity contribution in [3.05, 3.63) is 28.8 Å². The Balaban J connectivity index is 2.82. The Morgan fingerprint density at radius 1 is 1.57 bits per heavy atom. The topological polar surface area (TPSA) is 29.4 Å². The van der Waals surface area contributed by atoms with Gasteiger partial charge in [0.25, 0.3) is 0 Å². The van der Waals surface area contributed by atoms with E-state index in [2.05, 4.69) is 11.9 Å². The van der Waals surface area contributed by atoms with E-state index in [0.29, 0.717) is 6.54 Å². The average molecular weight is 228 g/mol. The highest BCUT2D eigenvalue weighted by Gasteiger charge is 2.00. The molecule has 0 aromatic heterocycles. The molecule has 1 aromatic rings. The number of hydrogen-bond acceptors (Lipinski definition) is 3. The van der Waals surface area contributed by atoms with Crippen molar-refractivity contribution in [2.24, 2.45) is 4.99 Å². The van der Waals surface area contributed by atoms with Gasteiger partial charge in [-0.25, -0.2) is 9.79 Å². The van der Waals surface area contributed by atoms with Crippen LogP contribution in [0.3, 0.4) is 0 Å². The Kier molecular flexibility index (Phi) is 4.74. The maximum Gasteiger partial charge on any atom is 0.235 e. The number of benzene rings is 1. The second-order valence-electron chi connectivity index (χ2n) is 2.61. The summed E-state index contributed by atoms with van der Waals surface area (Å²) in [6, 6.07) is 5.71. The number of hydrogen-bond donors (Lipinski definition) is 0. The van der Waals surface area contributed by atoms with E-state index < -0.39 is 0 Å². The summed E-state index contributed by atoms with van der Waals surface area (Å²) in [4.78, 5) is 14.5. The molecule has 0 aliphatic carbocycles. The average Bonchev–Trinajstić information content (AvgIpc) is 2.19. The van der Waals surface area contributed by atoms with Crippen LogP contribution in [0.5, 0.6) is 0 Å². The van der Waals surface area contributed by atoms with Gasteiger partial charge in [0.05, 0.1) is 11.6 Å². The molecular formula is C10H10ClNOS. The van der Waals surface area contributed by atoms with Gasteiger partial charge in [0.15, 0.2) is 0 Å². The molecule has 4 heteroatoms. The first-order valence-electron chi connectivity index (χ1n) is 4.22. The summed E-state index contributed by atoms with van der Waals surface area (Å²) < 4.78 is 0. The fraction of sp³-hybridized carbons (Fsp3) is 0.300. The van der Waals surface area contributed by atoms with Crippen LogP contribution in [0, 0.1) is 0 Å². The van der Waals surface area contributed by atoms with Crippen molar-refractivity contribution in [2.75, 3.05) is 5.75 Å². The molecule has 1 aromatic carbocycles. The van der Waals surface area contributed by atoms with E-state index in [9.17, 15) is 4.79 Å². The largest absolute Gasteiger partial charge is 0.235 e. The van der Waals surface area contributed by atoms with Crippen molar-refractivity contribution in [3.63, 3.8) is 0 Å². The van der Waals surface area contributed by atoms with E-state index in [1.807, 2.05) is 18.2 Å². The van der Waals surface area contributed by atoms with Crippen LogP contribution < -0.4 is 0 Å². The third kappa shape index (κ3) is 3.18. The predicted octanol–water partition coefficient (Wildman–Crippen LogP) is 3.29. The first-order chi connectivity index (χ1) is 6.77. The van der Waals surface area contributed by atoms with Crippen molar-refractivity contribution >= 4 is 29.4 Å². The standard InChI is InChI=1S/C10H10ClNOS/c1-2-14-10-4-3-8(5-9(10)11)6-12-7-13/h3-5H,2,6H2,1H3. The smallest absolute Gasteiger partial charge is 0.211 e. The van der Waals surface area contributed by atoms with E-state index in [0.717, 1.165) is 21.2 Å². The summed E-state index contributed by atoms with van der Waals surface area (Å²) in [5, 5.41) is 0.718. The van der Waals surface area contributed by atoms with Gasteiger partial charge in [-0.2, -0.15) is 0 Å². The van der Waals surface area contributed by atoms with Crippen LogP contribution in [0.25, 0.3) is 0 Å². The van der Waals surface area contributed by atoms with E-state index in [1.165, 1.54) is 6.08 Å². The SMILES string of the molecule is CCSc1ccc(CN=C=O)cc1Cl. The Bertz CT molecular complexity index is 361. The van der Waals surface area contributed by atoms with Crippen molar-refractivity contribution in [1.82, 2.24) is 0 Å². The lowest BCUT2D eigenvalue weighted by molar-refractivity contribution is 0.563. The van der Waals surface area contributed by atoms with Gasteiger partial charge in [-0.3, -0.25) is 0 Å².